The second kappa shape index (κ2) is 6.29. The number of hydrogen-bond donors (Lipinski definition) is 3. The predicted octanol–water partition coefficient (Wildman–Crippen LogP) is 0.132. The highest BCUT2D eigenvalue weighted by atomic mass is 32.1. The Kier molecular flexibility index (Phi) is 4.71. The van der Waals surface area contributed by atoms with Crippen LogP contribution in [-0.4, -0.2) is 43.9 Å². The number of carbonyl (C=O) groups is 1. The Labute approximate surface area is 110 Å². The van der Waals surface area contributed by atoms with Crippen LogP contribution in [0.3, 0.4) is 0 Å². The summed E-state index contributed by atoms with van der Waals surface area (Å²) in [4.78, 5) is 11.9. The van der Waals surface area contributed by atoms with E-state index >= 15 is 0 Å². The van der Waals surface area contributed by atoms with Gasteiger partial charge in [-0.25, -0.2) is 0 Å². The monoisotopic (exact) mass is 270 g/mol. The molecule has 1 aromatic heterocycles. The van der Waals surface area contributed by atoms with Crippen LogP contribution < -0.4 is 10.6 Å². The molecular weight excluding hydrogens is 252 g/mol. The molecule has 0 spiro atoms. The van der Waals surface area contributed by atoms with E-state index in [4.69, 9.17) is 4.74 Å². The molecule has 1 amide bonds. The summed E-state index contributed by atoms with van der Waals surface area (Å²) in [6.45, 7) is 1.23. The van der Waals surface area contributed by atoms with Crippen LogP contribution in [0, 0.1) is 5.92 Å². The molecule has 6 heteroatoms. The minimum Gasteiger partial charge on any atom is -0.387 e. The second-order valence-electron chi connectivity index (χ2n) is 4.36. The van der Waals surface area contributed by atoms with E-state index in [0.717, 1.165) is 5.56 Å². The fourth-order valence-electron chi connectivity index (χ4n) is 2.01. The number of nitrogens with one attached hydrogen (secondary N) is 2. The standard InChI is InChI=1S/C12H18N2O3S/c1-13-10-6-17-5-9(10)12(16)14-4-11(15)8-2-3-18-7-8/h2-3,7,9-11,13,15H,4-6H2,1H3,(H,14,16). The minimum absolute atomic E-state index is 0.0586. The maximum absolute atomic E-state index is 11.9. The molecule has 1 aliphatic heterocycles. The van der Waals surface area contributed by atoms with E-state index in [0.29, 0.717) is 13.2 Å². The number of rotatable bonds is 5. The summed E-state index contributed by atoms with van der Waals surface area (Å²) in [5.74, 6) is -0.245. The second-order valence-corrected chi connectivity index (χ2v) is 5.14. The lowest BCUT2D eigenvalue weighted by Crippen LogP contribution is -2.43. The number of aliphatic hydroxyl groups is 1. The molecule has 3 unspecified atom stereocenters. The van der Waals surface area contributed by atoms with E-state index in [9.17, 15) is 9.90 Å². The Bertz CT molecular complexity index is 383. The fourth-order valence-corrected chi connectivity index (χ4v) is 2.72. The van der Waals surface area contributed by atoms with Gasteiger partial charge in [-0.1, -0.05) is 0 Å². The summed E-state index contributed by atoms with van der Waals surface area (Å²) >= 11 is 1.53. The van der Waals surface area contributed by atoms with Crippen LogP contribution in [0.15, 0.2) is 16.8 Å². The number of hydrogen-bond acceptors (Lipinski definition) is 5. The molecule has 1 aliphatic rings. The molecule has 0 radical (unpaired) electrons. The van der Waals surface area contributed by atoms with E-state index in [2.05, 4.69) is 10.6 Å². The Morgan fingerprint density at radius 2 is 2.50 bits per heavy atom. The molecule has 1 aromatic rings. The van der Waals surface area contributed by atoms with Crippen molar-refractivity contribution in [1.82, 2.24) is 10.6 Å². The van der Waals surface area contributed by atoms with E-state index in [-0.39, 0.29) is 24.4 Å². The zero-order valence-electron chi connectivity index (χ0n) is 10.3. The van der Waals surface area contributed by atoms with Gasteiger partial charge in [0, 0.05) is 12.6 Å². The molecule has 1 saturated heterocycles. The fraction of sp³-hybridized carbons (Fsp3) is 0.583. The van der Waals surface area contributed by atoms with Crippen molar-refractivity contribution < 1.29 is 14.6 Å². The Balaban J connectivity index is 1.81. The van der Waals surface area contributed by atoms with Gasteiger partial charge in [0.15, 0.2) is 0 Å². The zero-order chi connectivity index (χ0) is 13.0. The van der Waals surface area contributed by atoms with Gasteiger partial charge < -0.3 is 20.5 Å². The number of thiophene rings is 1. The third-order valence-electron chi connectivity index (χ3n) is 3.19. The van der Waals surface area contributed by atoms with Crippen LogP contribution in [0.1, 0.15) is 11.7 Å². The molecule has 3 atom stereocenters. The number of carbonyl (C=O) groups excluding carboxylic acids is 1. The molecule has 1 fully saturated rings. The van der Waals surface area contributed by atoms with Crippen molar-refractivity contribution in [3.63, 3.8) is 0 Å². The van der Waals surface area contributed by atoms with E-state index in [1.54, 1.807) is 0 Å². The van der Waals surface area contributed by atoms with Crippen LogP contribution in [0.2, 0.25) is 0 Å². The maximum atomic E-state index is 11.9. The number of amides is 1. The van der Waals surface area contributed by atoms with Crippen molar-refractivity contribution in [1.29, 1.82) is 0 Å². The van der Waals surface area contributed by atoms with E-state index in [1.807, 2.05) is 23.9 Å². The summed E-state index contributed by atoms with van der Waals surface area (Å²) in [7, 11) is 1.82. The largest absolute Gasteiger partial charge is 0.387 e. The summed E-state index contributed by atoms with van der Waals surface area (Å²) in [5, 5.41) is 19.5. The van der Waals surface area contributed by atoms with Crippen molar-refractivity contribution >= 4 is 17.2 Å². The van der Waals surface area contributed by atoms with Crippen molar-refractivity contribution in [3.8, 4) is 0 Å². The lowest BCUT2D eigenvalue weighted by molar-refractivity contribution is -0.125. The first-order chi connectivity index (χ1) is 8.72. The van der Waals surface area contributed by atoms with Gasteiger partial charge in [0.2, 0.25) is 5.91 Å². The highest BCUT2D eigenvalue weighted by Crippen LogP contribution is 2.16. The van der Waals surface area contributed by atoms with Crippen molar-refractivity contribution in [3.05, 3.63) is 22.4 Å². The van der Waals surface area contributed by atoms with Crippen LogP contribution >= 0.6 is 11.3 Å². The third-order valence-corrected chi connectivity index (χ3v) is 3.89. The summed E-state index contributed by atoms with van der Waals surface area (Å²) in [5.41, 5.74) is 0.841. The highest BCUT2D eigenvalue weighted by molar-refractivity contribution is 7.07. The summed E-state index contributed by atoms with van der Waals surface area (Å²) in [6, 6.07) is 1.92. The first kappa shape index (κ1) is 13.5. The lowest BCUT2D eigenvalue weighted by atomic mass is 10.0. The van der Waals surface area contributed by atoms with Crippen LogP contribution in [0.5, 0.6) is 0 Å². The molecule has 0 saturated carbocycles. The van der Waals surface area contributed by atoms with Gasteiger partial charge in [0.05, 0.1) is 25.2 Å². The highest BCUT2D eigenvalue weighted by Gasteiger charge is 2.32. The Hall–Kier alpha value is -0.950. The SMILES string of the molecule is CNC1COCC1C(=O)NCC(O)c1ccsc1. The van der Waals surface area contributed by atoms with Gasteiger partial charge in [-0.05, 0) is 29.4 Å². The van der Waals surface area contributed by atoms with Crippen LogP contribution in [0.25, 0.3) is 0 Å². The van der Waals surface area contributed by atoms with Crippen LogP contribution in [0.4, 0.5) is 0 Å². The molecule has 3 N–H and O–H groups in total. The molecule has 0 aromatic carbocycles. The topological polar surface area (TPSA) is 70.6 Å². The maximum Gasteiger partial charge on any atom is 0.227 e. The summed E-state index contributed by atoms with van der Waals surface area (Å²) < 4.78 is 5.28. The van der Waals surface area contributed by atoms with Crippen molar-refractivity contribution in [2.24, 2.45) is 5.92 Å². The molecule has 2 heterocycles. The molecular formula is C12H18N2O3S. The first-order valence-corrected chi connectivity index (χ1v) is 6.89. The number of ether oxygens (including phenoxy) is 1. The van der Waals surface area contributed by atoms with Gasteiger partial charge in [-0.3, -0.25) is 4.79 Å². The van der Waals surface area contributed by atoms with Gasteiger partial charge in [0.25, 0.3) is 0 Å². The molecule has 5 nitrogen and oxygen atoms in total. The van der Waals surface area contributed by atoms with Gasteiger partial charge in [-0.2, -0.15) is 11.3 Å². The van der Waals surface area contributed by atoms with Gasteiger partial charge in [0.1, 0.15) is 0 Å². The third kappa shape index (κ3) is 3.08. The van der Waals surface area contributed by atoms with Crippen molar-refractivity contribution in [2.45, 2.75) is 12.1 Å². The van der Waals surface area contributed by atoms with E-state index < -0.39 is 6.10 Å². The first-order valence-electron chi connectivity index (χ1n) is 5.95. The number of likely N-dealkylation sites (N-methyl/N-ethyl adjacent to an activating group) is 1. The Morgan fingerprint density at radius 3 is 3.17 bits per heavy atom. The molecule has 2 rings (SSSR count). The predicted molar refractivity (Wildman–Crippen MR) is 69.4 cm³/mol. The number of aliphatic hydroxyl groups excluding tert-OH is 1. The molecule has 0 aliphatic carbocycles. The molecule has 100 valence electrons. The molecule has 18 heavy (non-hydrogen) atoms. The lowest BCUT2D eigenvalue weighted by Gasteiger charge is -2.17. The van der Waals surface area contributed by atoms with Gasteiger partial charge in [-0.15, -0.1) is 0 Å². The summed E-state index contributed by atoms with van der Waals surface area (Å²) in [6.07, 6.45) is -0.643. The van der Waals surface area contributed by atoms with Gasteiger partial charge >= 0.3 is 0 Å². The quantitative estimate of drug-likeness (QED) is 0.711. The van der Waals surface area contributed by atoms with Crippen LogP contribution in [-0.2, 0) is 9.53 Å². The zero-order valence-corrected chi connectivity index (χ0v) is 11.1. The average Bonchev–Trinajstić information content (AvgIpc) is 3.04. The van der Waals surface area contributed by atoms with E-state index in [1.165, 1.54) is 11.3 Å². The average molecular weight is 270 g/mol. The molecule has 0 bridgehead atoms. The smallest absolute Gasteiger partial charge is 0.227 e. The van der Waals surface area contributed by atoms with Crippen molar-refractivity contribution in [2.75, 3.05) is 26.8 Å². The normalized spacial score (nSPS) is 25.0. The Morgan fingerprint density at radius 1 is 1.67 bits per heavy atom. The minimum atomic E-state index is -0.643.